The van der Waals surface area contributed by atoms with Crippen molar-refractivity contribution in [2.75, 3.05) is 23.9 Å². The van der Waals surface area contributed by atoms with E-state index in [4.69, 9.17) is 4.74 Å². The Kier molecular flexibility index (Phi) is 13.0. The van der Waals surface area contributed by atoms with Gasteiger partial charge in [-0.25, -0.2) is 4.31 Å². The van der Waals surface area contributed by atoms with Crippen molar-refractivity contribution in [2.45, 2.75) is 65.4 Å². The molecule has 0 saturated carbocycles. The summed E-state index contributed by atoms with van der Waals surface area (Å²) in [5.41, 5.74) is 1.29. The molecule has 0 N–H and O–H groups in total. The molecule has 11 heteroatoms. The first-order valence-electron chi connectivity index (χ1n) is 10.4. The lowest BCUT2D eigenvalue weighted by Gasteiger charge is -2.27. The molecule has 0 aliphatic carbocycles. The minimum absolute atomic E-state index is 0.289. The zero-order chi connectivity index (χ0) is 22.7. The molecule has 0 saturated heterocycles. The standard InChI is InChI=1S/C20H32N2O3S6/c1-5-7-12-21(13-8-6-2)27-29-31-30-28-26-15-22(19(23)24)17-11-9-10-16-14-20(3,4)25-18(16)17/h9-11H,5-8,12-15H2,1-4H3,(H,23,24)/p-1. The molecule has 31 heavy (non-hydrogen) atoms. The Balaban J connectivity index is 1.75. The molecule has 5 nitrogen and oxygen atoms in total. The Bertz CT molecular complexity index is 687. The van der Waals surface area contributed by atoms with Crippen LogP contribution in [0, 0.1) is 0 Å². The van der Waals surface area contributed by atoms with Gasteiger partial charge >= 0.3 is 0 Å². The molecule has 0 radical (unpaired) electrons. The maximum Gasteiger partial charge on any atom is 0.147 e. The third-order valence-corrected chi connectivity index (χ3v) is 15.1. The fourth-order valence-electron chi connectivity index (χ4n) is 3.06. The van der Waals surface area contributed by atoms with Gasteiger partial charge in [0.1, 0.15) is 17.4 Å². The molecule has 1 aliphatic heterocycles. The molecule has 2 rings (SSSR count). The van der Waals surface area contributed by atoms with Crippen molar-refractivity contribution < 1.29 is 14.6 Å². The number of unbranched alkanes of at least 4 members (excludes halogenated alkanes) is 2. The number of para-hydroxylation sites is 1. The topological polar surface area (TPSA) is 55.8 Å². The second-order valence-corrected chi connectivity index (χ2v) is 17.1. The second-order valence-electron chi connectivity index (χ2n) is 7.73. The SMILES string of the molecule is CCCCN(CCCC)SSSSSSCN(C(=O)[O-])c1cccc2c1OC(C)(C)C2. The number of anilines is 1. The van der Waals surface area contributed by atoms with Gasteiger partial charge in [-0.2, -0.15) is 0 Å². The number of hydrogen-bond donors (Lipinski definition) is 0. The molecular weight excluding hydrogens is 509 g/mol. The molecule has 0 unspecified atom stereocenters. The summed E-state index contributed by atoms with van der Waals surface area (Å²) < 4.78 is 8.47. The van der Waals surface area contributed by atoms with Crippen LogP contribution in [-0.2, 0) is 6.42 Å². The lowest BCUT2D eigenvalue weighted by atomic mass is 10.0. The summed E-state index contributed by atoms with van der Waals surface area (Å²) >= 11 is 0. The van der Waals surface area contributed by atoms with Crippen LogP contribution in [0.4, 0.5) is 10.5 Å². The van der Waals surface area contributed by atoms with Crippen molar-refractivity contribution >= 4 is 72.9 Å². The highest BCUT2D eigenvalue weighted by atomic mass is 33.9. The highest BCUT2D eigenvalue weighted by molar-refractivity contribution is 9.41. The fraction of sp³-hybridized carbons (Fsp3) is 0.650. The summed E-state index contributed by atoms with van der Waals surface area (Å²) in [5.74, 6) is 0.952. The van der Waals surface area contributed by atoms with Gasteiger partial charge < -0.3 is 19.5 Å². The maximum atomic E-state index is 11.8. The van der Waals surface area contributed by atoms with Crippen LogP contribution in [0.5, 0.6) is 5.75 Å². The Hall–Kier alpha value is 0.350. The van der Waals surface area contributed by atoms with E-state index >= 15 is 0 Å². The van der Waals surface area contributed by atoms with Crippen LogP contribution in [0.2, 0.25) is 0 Å². The number of rotatable bonds is 15. The summed E-state index contributed by atoms with van der Waals surface area (Å²) in [6, 6.07) is 5.67. The van der Waals surface area contributed by atoms with Crippen LogP contribution >= 0.6 is 61.1 Å². The summed E-state index contributed by atoms with van der Waals surface area (Å²) in [5, 5.41) is 11.8. The van der Waals surface area contributed by atoms with E-state index in [0.29, 0.717) is 11.4 Å². The van der Waals surface area contributed by atoms with Crippen LogP contribution in [-0.4, -0.2) is 35.0 Å². The quantitative estimate of drug-likeness (QED) is 0.0982. The first-order chi connectivity index (χ1) is 14.9. The lowest BCUT2D eigenvalue weighted by Crippen LogP contribution is -2.41. The van der Waals surface area contributed by atoms with Crippen molar-refractivity contribution in [3.05, 3.63) is 23.8 Å². The predicted molar refractivity (Wildman–Crippen MR) is 145 cm³/mol. The molecular formula is C20H31N2O3S6-. The Morgan fingerprint density at radius 3 is 2.42 bits per heavy atom. The molecule has 1 heterocycles. The van der Waals surface area contributed by atoms with E-state index in [1.54, 1.807) is 45.4 Å². The summed E-state index contributed by atoms with van der Waals surface area (Å²) in [6.45, 7) is 10.7. The van der Waals surface area contributed by atoms with Gasteiger partial charge in [-0.3, -0.25) is 0 Å². The van der Waals surface area contributed by atoms with E-state index in [1.165, 1.54) is 41.4 Å². The van der Waals surface area contributed by atoms with Crippen molar-refractivity contribution in [1.82, 2.24) is 4.31 Å². The van der Waals surface area contributed by atoms with E-state index in [1.807, 2.05) is 37.0 Å². The zero-order valence-electron chi connectivity index (χ0n) is 18.5. The van der Waals surface area contributed by atoms with Gasteiger partial charge in [0.25, 0.3) is 0 Å². The Morgan fingerprint density at radius 2 is 1.77 bits per heavy atom. The number of carbonyl (C=O) groups excluding carboxylic acids is 1. The predicted octanol–water partition coefficient (Wildman–Crippen LogP) is 7.30. The third kappa shape index (κ3) is 9.62. The van der Waals surface area contributed by atoms with Gasteiger partial charge in [-0.1, -0.05) is 49.6 Å². The van der Waals surface area contributed by atoms with Gasteiger partial charge in [0, 0.05) is 55.7 Å². The number of amides is 1. The average Bonchev–Trinajstić information content (AvgIpc) is 3.05. The molecule has 0 bridgehead atoms. The van der Waals surface area contributed by atoms with Crippen molar-refractivity contribution in [3.63, 3.8) is 0 Å². The van der Waals surface area contributed by atoms with E-state index in [9.17, 15) is 9.90 Å². The number of benzene rings is 1. The van der Waals surface area contributed by atoms with E-state index in [0.717, 1.165) is 25.1 Å². The second kappa shape index (κ2) is 14.6. The lowest BCUT2D eigenvalue weighted by molar-refractivity contribution is -0.246. The number of fused-ring (bicyclic) bond motifs is 1. The smallest absolute Gasteiger partial charge is 0.147 e. The zero-order valence-corrected chi connectivity index (χ0v) is 23.4. The number of nitrogens with zero attached hydrogens (tertiary/aromatic N) is 2. The molecule has 1 amide bonds. The van der Waals surface area contributed by atoms with Crippen LogP contribution in [0.15, 0.2) is 18.2 Å². The highest BCUT2D eigenvalue weighted by Gasteiger charge is 2.33. The molecule has 1 aromatic rings. The van der Waals surface area contributed by atoms with E-state index in [-0.39, 0.29) is 11.5 Å². The van der Waals surface area contributed by atoms with Crippen molar-refractivity contribution in [2.24, 2.45) is 0 Å². The Labute approximate surface area is 209 Å². The molecule has 0 fully saturated rings. The first kappa shape index (κ1) is 27.6. The van der Waals surface area contributed by atoms with Gasteiger partial charge in [0.05, 0.1) is 11.6 Å². The average molecular weight is 540 g/mol. The van der Waals surface area contributed by atoms with Gasteiger partial charge in [-0.15, -0.1) is 0 Å². The molecule has 0 spiro atoms. The third-order valence-electron chi connectivity index (χ3n) is 4.55. The molecule has 0 atom stereocenters. The molecule has 1 aromatic carbocycles. The summed E-state index contributed by atoms with van der Waals surface area (Å²) in [4.78, 5) is 13.1. The van der Waals surface area contributed by atoms with Crippen molar-refractivity contribution in [3.8, 4) is 5.75 Å². The number of ether oxygens (including phenoxy) is 1. The summed E-state index contributed by atoms with van der Waals surface area (Å²) in [7, 11) is 10.0. The van der Waals surface area contributed by atoms with Gasteiger partial charge in [0.15, 0.2) is 0 Å². The number of hydrogen-bond acceptors (Lipinski definition) is 10. The first-order valence-corrected chi connectivity index (χ1v) is 18.0. The van der Waals surface area contributed by atoms with Crippen LogP contribution in [0.3, 0.4) is 0 Å². The maximum absolute atomic E-state index is 11.8. The summed E-state index contributed by atoms with van der Waals surface area (Å²) in [6.07, 6.45) is 4.44. The van der Waals surface area contributed by atoms with Gasteiger partial charge in [0.2, 0.25) is 0 Å². The van der Waals surface area contributed by atoms with Crippen molar-refractivity contribution in [1.29, 1.82) is 0 Å². The van der Waals surface area contributed by atoms with Crippen LogP contribution in [0.1, 0.15) is 58.9 Å². The highest BCUT2D eigenvalue weighted by Crippen LogP contribution is 2.53. The van der Waals surface area contributed by atoms with Gasteiger partial charge in [-0.05, 0) is 52.4 Å². The van der Waals surface area contributed by atoms with E-state index < -0.39 is 6.09 Å². The van der Waals surface area contributed by atoms with E-state index in [2.05, 4.69) is 18.2 Å². The molecule has 176 valence electrons. The normalized spacial score (nSPS) is 14.5. The minimum Gasteiger partial charge on any atom is -0.530 e. The monoisotopic (exact) mass is 539 g/mol. The molecule has 1 aliphatic rings. The Morgan fingerprint density at radius 1 is 1.10 bits per heavy atom. The largest absolute Gasteiger partial charge is 0.530 e. The number of carbonyl (C=O) groups is 1. The van der Waals surface area contributed by atoms with Crippen LogP contribution in [0.25, 0.3) is 0 Å². The number of carboxylic acid groups (broad SMARTS) is 1. The van der Waals surface area contributed by atoms with Crippen LogP contribution < -0.4 is 14.7 Å². The molecule has 0 aromatic heterocycles. The minimum atomic E-state index is -1.21. The fourth-order valence-corrected chi connectivity index (χ4v) is 14.3.